The fraction of sp³-hybridized carbons (Fsp3) is 0.357. The summed E-state index contributed by atoms with van der Waals surface area (Å²) in [4.78, 5) is 20.5. The fourth-order valence-corrected chi connectivity index (χ4v) is 2.30. The minimum atomic E-state index is -0.330. The molecule has 1 fully saturated rings. The number of carbonyl (C=O) groups is 1. The van der Waals surface area contributed by atoms with Gasteiger partial charge in [0.05, 0.1) is 17.3 Å². The molecule has 104 valence electrons. The van der Waals surface area contributed by atoms with Gasteiger partial charge in [-0.25, -0.2) is 9.97 Å². The maximum absolute atomic E-state index is 12.3. The van der Waals surface area contributed by atoms with Gasteiger partial charge in [0.25, 0.3) is 0 Å². The van der Waals surface area contributed by atoms with E-state index in [1.165, 1.54) is 0 Å². The lowest BCUT2D eigenvalue weighted by Crippen LogP contribution is -2.35. The van der Waals surface area contributed by atoms with Crippen molar-refractivity contribution in [2.75, 3.05) is 18.4 Å². The first kappa shape index (κ1) is 12.8. The summed E-state index contributed by atoms with van der Waals surface area (Å²) in [6.07, 6.45) is 7.74. The molecule has 6 nitrogen and oxygen atoms in total. The van der Waals surface area contributed by atoms with Crippen molar-refractivity contribution in [3.05, 3.63) is 37.1 Å². The summed E-state index contributed by atoms with van der Waals surface area (Å²) in [7, 11) is 0. The van der Waals surface area contributed by atoms with E-state index in [-0.39, 0.29) is 11.3 Å². The summed E-state index contributed by atoms with van der Waals surface area (Å²) in [6, 6.07) is 3.71. The molecule has 0 radical (unpaired) electrons. The number of carbonyl (C=O) groups excluding carboxylic acids is 1. The minimum Gasteiger partial charge on any atom is -0.324 e. The summed E-state index contributed by atoms with van der Waals surface area (Å²) in [5, 5.41) is 6.15. The SMILES string of the molecule is CC1(C(=O)Nc2ccc(-n3ccnc3)nc2)CCNC1. The second-order valence-corrected chi connectivity index (χ2v) is 5.32. The normalized spacial score (nSPS) is 21.9. The van der Waals surface area contributed by atoms with E-state index in [1.54, 1.807) is 18.7 Å². The van der Waals surface area contributed by atoms with Crippen LogP contribution in [0.2, 0.25) is 0 Å². The van der Waals surface area contributed by atoms with Gasteiger partial charge >= 0.3 is 0 Å². The van der Waals surface area contributed by atoms with Crippen molar-refractivity contribution in [1.82, 2.24) is 19.9 Å². The van der Waals surface area contributed by atoms with Gasteiger partial charge in [0.15, 0.2) is 0 Å². The molecule has 2 aromatic rings. The number of aromatic nitrogens is 3. The number of nitrogens with one attached hydrogen (secondary N) is 2. The quantitative estimate of drug-likeness (QED) is 0.880. The molecule has 6 heteroatoms. The van der Waals surface area contributed by atoms with Crippen LogP contribution in [0.25, 0.3) is 5.82 Å². The van der Waals surface area contributed by atoms with Crippen molar-refractivity contribution >= 4 is 11.6 Å². The molecule has 2 aromatic heterocycles. The number of hydrogen-bond donors (Lipinski definition) is 2. The zero-order chi connectivity index (χ0) is 14.0. The molecule has 0 bridgehead atoms. The van der Waals surface area contributed by atoms with E-state index in [4.69, 9.17) is 0 Å². The molecule has 0 spiro atoms. The number of imidazole rings is 1. The van der Waals surface area contributed by atoms with Crippen molar-refractivity contribution in [3.63, 3.8) is 0 Å². The van der Waals surface area contributed by atoms with Crippen LogP contribution in [0.5, 0.6) is 0 Å². The third kappa shape index (κ3) is 2.42. The van der Waals surface area contributed by atoms with Gasteiger partial charge in [-0.2, -0.15) is 0 Å². The monoisotopic (exact) mass is 271 g/mol. The van der Waals surface area contributed by atoms with E-state index in [0.717, 1.165) is 25.3 Å². The highest BCUT2D eigenvalue weighted by Gasteiger charge is 2.36. The molecule has 0 aromatic carbocycles. The van der Waals surface area contributed by atoms with Gasteiger partial charge < -0.3 is 10.6 Å². The molecule has 3 heterocycles. The van der Waals surface area contributed by atoms with Crippen molar-refractivity contribution in [2.45, 2.75) is 13.3 Å². The summed E-state index contributed by atoms with van der Waals surface area (Å²) in [6.45, 7) is 3.59. The lowest BCUT2D eigenvalue weighted by Gasteiger charge is -2.21. The lowest BCUT2D eigenvalue weighted by molar-refractivity contribution is -0.123. The number of hydrogen-bond acceptors (Lipinski definition) is 4. The third-order valence-corrected chi connectivity index (χ3v) is 3.69. The van der Waals surface area contributed by atoms with Gasteiger partial charge in [-0.15, -0.1) is 0 Å². The second kappa shape index (κ2) is 5.05. The van der Waals surface area contributed by atoms with Crippen LogP contribution in [-0.4, -0.2) is 33.5 Å². The smallest absolute Gasteiger partial charge is 0.231 e. The topological polar surface area (TPSA) is 71.8 Å². The molecular formula is C14H17N5O. The van der Waals surface area contributed by atoms with Crippen LogP contribution in [0.3, 0.4) is 0 Å². The highest BCUT2D eigenvalue weighted by Crippen LogP contribution is 2.26. The summed E-state index contributed by atoms with van der Waals surface area (Å²) in [5.41, 5.74) is 0.384. The van der Waals surface area contributed by atoms with Crippen LogP contribution in [-0.2, 0) is 4.79 Å². The first-order chi connectivity index (χ1) is 9.67. The number of rotatable bonds is 3. The van der Waals surface area contributed by atoms with Crippen LogP contribution in [0.4, 0.5) is 5.69 Å². The zero-order valence-corrected chi connectivity index (χ0v) is 11.3. The number of nitrogens with zero attached hydrogens (tertiary/aromatic N) is 3. The van der Waals surface area contributed by atoms with Crippen molar-refractivity contribution in [1.29, 1.82) is 0 Å². The Bertz CT molecular complexity index is 585. The van der Waals surface area contributed by atoms with Gasteiger partial charge in [-0.05, 0) is 32.0 Å². The first-order valence-corrected chi connectivity index (χ1v) is 6.64. The van der Waals surface area contributed by atoms with Crippen molar-refractivity contribution in [3.8, 4) is 5.82 Å². The van der Waals surface area contributed by atoms with Crippen molar-refractivity contribution < 1.29 is 4.79 Å². The Balaban J connectivity index is 1.71. The van der Waals surface area contributed by atoms with E-state index in [9.17, 15) is 4.79 Å². The molecule has 1 amide bonds. The molecule has 0 saturated carbocycles. The molecule has 2 N–H and O–H groups in total. The molecule has 1 atom stereocenters. The molecule has 1 unspecified atom stereocenters. The van der Waals surface area contributed by atoms with E-state index < -0.39 is 0 Å². The maximum Gasteiger partial charge on any atom is 0.231 e. The Morgan fingerprint density at radius 2 is 2.40 bits per heavy atom. The predicted octanol–water partition coefficient (Wildman–Crippen LogP) is 1.21. The first-order valence-electron chi connectivity index (χ1n) is 6.64. The average Bonchev–Trinajstić information content (AvgIpc) is 3.11. The van der Waals surface area contributed by atoms with Crippen LogP contribution >= 0.6 is 0 Å². The zero-order valence-electron chi connectivity index (χ0n) is 11.3. The van der Waals surface area contributed by atoms with Crippen molar-refractivity contribution in [2.24, 2.45) is 5.41 Å². The minimum absolute atomic E-state index is 0.0414. The molecule has 1 aliphatic rings. The Morgan fingerprint density at radius 3 is 3.00 bits per heavy atom. The largest absolute Gasteiger partial charge is 0.324 e. The van der Waals surface area contributed by atoms with Gasteiger partial charge in [-0.3, -0.25) is 9.36 Å². The van der Waals surface area contributed by atoms with Gasteiger partial charge in [0, 0.05) is 18.9 Å². The molecular weight excluding hydrogens is 254 g/mol. The van der Waals surface area contributed by atoms with E-state index in [1.807, 2.05) is 29.8 Å². The van der Waals surface area contributed by atoms with E-state index in [2.05, 4.69) is 20.6 Å². The van der Waals surface area contributed by atoms with Crippen LogP contribution in [0.1, 0.15) is 13.3 Å². The van der Waals surface area contributed by atoms with Gasteiger partial charge in [-0.1, -0.05) is 0 Å². The van der Waals surface area contributed by atoms with Crippen LogP contribution in [0.15, 0.2) is 37.1 Å². The lowest BCUT2D eigenvalue weighted by atomic mass is 9.89. The fourth-order valence-electron chi connectivity index (χ4n) is 2.30. The predicted molar refractivity (Wildman–Crippen MR) is 75.6 cm³/mol. The summed E-state index contributed by atoms with van der Waals surface area (Å²) < 4.78 is 1.81. The molecule has 1 aliphatic heterocycles. The Morgan fingerprint density at radius 1 is 1.50 bits per heavy atom. The summed E-state index contributed by atoms with van der Waals surface area (Å²) >= 11 is 0. The Kier molecular flexibility index (Phi) is 3.23. The molecule has 3 rings (SSSR count). The highest BCUT2D eigenvalue weighted by molar-refractivity contribution is 5.95. The average molecular weight is 271 g/mol. The number of anilines is 1. The Labute approximate surface area is 117 Å². The molecule has 1 saturated heterocycles. The third-order valence-electron chi connectivity index (χ3n) is 3.69. The Hall–Kier alpha value is -2.21. The van der Waals surface area contributed by atoms with Crippen LogP contribution in [0, 0.1) is 5.41 Å². The van der Waals surface area contributed by atoms with Crippen LogP contribution < -0.4 is 10.6 Å². The van der Waals surface area contributed by atoms with E-state index in [0.29, 0.717) is 5.69 Å². The van der Waals surface area contributed by atoms with E-state index >= 15 is 0 Å². The van der Waals surface area contributed by atoms with Gasteiger partial charge in [0.1, 0.15) is 12.1 Å². The maximum atomic E-state index is 12.3. The molecule has 0 aliphatic carbocycles. The van der Waals surface area contributed by atoms with Gasteiger partial charge in [0.2, 0.25) is 5.91 Å². The number of amides is 1. The summed E-state index contributed by atoms with van der Waals surface area (Å²) in [5.74, 6) is 0.814. The second-order valence-electron chi connectivity index (χ2n) is 5.32. The number of pyridine rings is 1. The molecule has 20 heavy (non-hydrogen) atoms. The standard InChI is InChI=1S/C14H17N5O/c1-14(4-5-15-9-14)13(20)18-11-2-3-12(17-8-11)19-7-6-16-10-19/h2-3,6-8,10,15H,4-5,9H2,1H3,(H,18,20). The highest BCUT2D eigenvalue weighted by atomic mass is 16.2.